The number of aryl methyl sites for hydroxylation is 1. The van der Waals surface area contributed by atoms with E-state index in [9.17, 15) is 4.79 Å². The first-order valence-corrected chi connectivity index (χ1v) is 8.12. The van der Waals surface area contributed by atoms with E-state index in [1.165, 1.54) is 0 Å². The molecule has 7 heteroatoms. The molecule has 0 aliphatic carbocycles. The van der Waals surface area contributed by atoms with Crippen LogP contribution in [0.15, 0.2) is 36.5 Å². The van der Waals surface area contributed by atoms with E-state index in [0.717, 1.165) is 16.9 Å². The zero-order chi connectivity index (χ0) is 17.0. The van der Waals surface area contributed by atoms with Crippen molar-refractivity contribution in [1.82, 2.24) is 9.97 Å². The van der Waals surface area contributed by atoms with E-state index in [1.807, 2.05) is 37.3 Å². The van der Waals surface area contributed by atoms with Crippen LogP contribution in [0, 0.1) is 12.3 Å². The summed E-state index contributed by atoms with van der Waals surface area (Å²) in [5.74, 6) is 0.642. The Morgan fingerprint density at radius 2 is 1.92 bits per heavy atom. The minimum Gasteiger partial charge on any atom is -0.381 e. The van der Waals surface area contributed by atoms with Crippen LogP contribution in [0.4, 0.5) is 5.69 Å². The molecule has 0 saturated carbocycles. The summed E-state index contributed by atoms with van der Waals surface area (Å²) in [6.07, 6.45) is 3.05. The molecule has 2 heterocycles. The Balaban J connectivity index is 0.00000225. The third-order valence-electron chi connectivity index (χ3n) is 4.52. The Labute approximate surface area is 153 Å². The van der Waals surface area contributed by atoms with Crippen LogP contribution in [0.2, 0.25) is 0 Å². The van der Waals surface area contributed by atoms with Crippen molar-refractivity contribution in [1.29, 1.82) is 0 Å². The van der Waals surface area contributed by atoms with Crippen LogP contribution in [0.3, 0.4) is 0 Å². The molecule has 25 heavy (non-hydrogen) atoms. The molecule has 1 aliphatic rings. The number of carbonyl (C=O) groups excluding carboxylic acids is 1. The molecule has 0 radical (unpaired) electrons. The van der Waals surface area contributed by atoms with Gasteiger partial charge in [0.15, 0.2) is 5.82 Å². The maximum absolute atomic E-state index is 12.6. The van der Waals surface area contributed by atoms with Crippen LogP contribution < -0.4 is 11.1 Å². The first kappa shape index (κ1) is 19.3. The molecule has 134 valence electrons. The number of ether oxygens (including phenoxy) is 1. The number of hydrogen-bond donors (Lipinski definition) is 2. The van der Waals surface area contributed by atoms with Gasteiger partial charge >= 0.3 is 0 Å². The third kappa shape index (κ3) is 4.34. The van der Waals surface area contributed by atoms with Crippen LogP contribution in [0.1, 0.15) is 18.5 Å². The van der Waals surface area contributed by atoms with E-state index < -0.39 is 5.41 Å². The molecule has 1 aromatic carbocycles. The fourth-order valence-corrected chi connectivity index (χ4v) is 2.84. The third-order valence-corrected chi connectivity index (χ3v) is 4.52. The van der Waals surface area contributed by atoms with E-state index in [4.69, 9.17) is 10.5 Å². The number of nitrogens with zero attached hydrogens (tertiary/aromatic N) is 2. The highest BCUT2D eigenvalue weighted by Gasteiger charge is 2.38. The highest BCUT2D eigenvalue weighted by Crippen LogP contribution is 2.31. The van der Waals surface area contributed by atoms with Gasteiger partial charge in [0.1, 0.15) is 0 Å². The largest absolute Gasteiger partial charge is 0.381 e. The van der Waals surface area contributed by atoms with Gasteiger partial charge in [-0.25, -0.2) is 9.97 Å². The Kier molecular flexibility index (Phi) is 6.47. The fourth-order valence-electron chi connectivity index (χ4n) is 2.84. The number of halogens is 1. The van der Waals surface area contributed by atoms with E-state index >= 15 is 0 Å². The first-order chi connectivity index (χ1) is 11.6. The molecule has 0 unspecified atom stereocenters. The van der Waals surface area contributed by atoms with E-state index in [1.54, 1.807) is 6.20 Å². The Hall–Kier alpha value is -2.02. The van der Waals surface area contributed by atoms with Gasteiger partial charge in [-0.3, -0.25) is 4.79 Å². The molecule has 1 amide bonds. The summed E-state index contributed by atoms with van der Waals surface area (Å²) in [6, 6.07) is 9.40. The van der Waals surface area contributed by atoms with Gasteiger partial charge in [-0.15, -0.1) is 12.4 Å². The molecular formula is C18H23ClN4O2. The molecule has 2 aromatic rings. The number of amides is 1. The lowest BCUT2D eigenvalue weighted by Gasteiger charge is -2.34. The van der Waals surface area contributed by atoms with Gasteiger partial charge in [-0.1, -0.05) is 0 Å². The number of nitrogens with two attached hydrogens (primary N) is 1. The molecule has 1 saturated heterocycles. The summed E-state index contributed by atoms with van der Waals surface area (Å²) in [7, 11) is 0. The van der Waals surface area contributed by atoms with Crippen LogP contribution in [0.5, 0.6) is 0 Å². The van der Waals surface area contributed by atoms with Gasteiger partial charge in [-0.2, -0.15) is 0 Å². The average Bonchev–Trinajstić information content (AvgIpc) is 2.63. The Morgan fingerprint density at radius 1 is 1.24 bits per heavy atom. The summed E-state index contributed by atoms with van der Waals surface area (Å²) in [6.45, 7) is 3.42. The zero-order valence-electron chi connectivity index (χ0n) is 14.2. The SMILES string of the molecule is Cc1ccnc(-c2ccc(NC(=O)C3(CN)CCOCC3)cc2)n1.Cl. The number of benzene rings is 1. The van der Waals surface area contributed by atoms with E-state index in [0.29, 0.717) is 38.4 Å². The highest BCUT2D eigenvalue weighted by molar-refractivity contribution is 5.95. The van der Waals surface area contributed by atoms with Gasteiger partial charge in [-0.05, 0) is 50.1 Å². The van der Waals surface area contributed by atoms with Crippen molar-refractivity contribution in [2.24, 2.45) is 11.1 Å². The van der Waals surface area contributed by atoms with Gasteiger partial charge in [0, 0.05) is 42.9 Å². The normalized spacial score (nSPS) is 15.9. The standard InChI is InChI=1S/C18H22N4O2.ClH/c1-13-6-9-20-16(21-13)14-2-4-15(5-3-14)22-17(23)18(12-19)7-10-24-11-8-18;/h2-6,9H,7-8,10-12,19H2,1H3,(H,22,23);1H. The summed E-state index contributed by atoms with van der Waals surface area (Å²) < 4.78 is 5.35. The molecule has 3 N–H and O–H groups in total. The first-order valence-electron chi connectivity index (χ1n) is 8.12. The monoisotopic (exact) mass is 362 g/mol. The minimum atomic E-state index is -0.531. The molecule has 1 aromatic heterocycles. The molecule has 6 nitrogen and oxygen atoms in total. The minimum absolute atomic E-state index is 0. The van der Waals surface area contributed by atoms with Crippen LogP contribution >= 0.6 is 12.4 Å². The summed E-state index contributed by atoms with van der Waals surface area (Å²) >= 11 is 0. The van der Waals surface area contributed by atoms with E-state index in [2.05, 4.69) is 15.3 Å². The number of aromatic nitrogens is 2. The number of anilines is 1. The summed E-state index contributed by atoms with van der Waals surface area (Å²) in [5, 5.41) is 2.98. The topological polar surface area (TPSA) is 90.1 Å². The van der Waals surface area contributed by atoms with Crippen molar-refractivity contribution < 1.29 is 9.53 Å². The fraction of sp³-hybridized carbons (Fsp3) is 0.389. The van der Waals surface area contributed by atoms with Crippen molar-refractivity contribution in [2.45, 2.75) is 19.8 Å². The second kappa shape index (κ2) is 8.38. The molecule has 1 aliphatic heterocycles. The van der Waals surface area contributed by atoms with Gasteiger partial charge in [0.2, 0.25) is 5.91 Å². The summed E-state index contributed by atoms with van der Waals surface area (Å²) in [5.41, 5.74) is 7.92. The number of rotatable bonds is 4. The predicted octanol–water partition coefficient (Wildman–Crippen LogP) is 2.57. The number of carbonyl (C=O) groups is 1. The van der Waals surface area contributed by atoms with Crippen LogP contribution in [0.25, 0.3) is 11.4 Å². The quantitative estimate of drug-likeness (QED) is 0.872. The maximum Gasteiger partial charge on any atom is 0.232 e. The van der Waals surface area contributed by atoms with Crippen molar-refractivity contribution >= 4 is 24.0 Å². The second-order valence-corrected chi connectivity index (χ2v) is 6.15. The van der Waals surface area contributed by atoms with Crippen molar-refractivity contribution in [3.8, 4) is 11.4 Å². The lowest BCUT2D eigenvalue weighted by molar-refractivity contribution is -0.130. The molecular weight excluding hydrogens is 340 g/mol. The molecule has 1 fully saturated rings. The molecule has 0 bridgehead atoms. The van der Waals surface area contributed by atoms with Crippen molar-refractivity contribution in [3.05, 3.63) is 42.2 Å². The zero-order valence-corrected chi connectivity index (χ0v) is 15.0. The number of nitrogens with one attached hydrogen (secondary N) is 1. The van der Waals surface area contributed by atoms with Gasteiger partial charge < -0.3 is 15.8 Å². The maximum atomic E-state index is 12.6. The smallest absolute Gasteiger partial charge is 0.232 e. The predicted molar refractivity (Wildman–Crippen MR) is 99.6 cm³/mol. The highest BCUT2D eigenvalue weighted by atomic mass is 35.5. The summed E-state index contributed by atoms with van der Waals surface area (Å²) in [4.78, 5) is 21.3. The van der Waals surface area contributed by atoms with Gasteiger partial charge in [0.05, 0.1) is 5.41 Å². The lowest BCUT2D eigenvalue weighted by atomic mass is 9.79. The van der Waals surface area contributed by atoms with Crippen LogP contribution in [-0.2, 0) is 9.53 Å². The Morgan fingerprint density at radius 3 is 2.52 bits per heavy atom. The Bertz CT molecular complexity index is 715. The van der Waals surface area contributed by atoms with Crippen molar-refractivity contribution in [3.63, 3.8) is 0 Å². The lowest BCUT2D eigenvalue weighted by Crippen LogP contribution is -2.46. The molecule has 0 atom stereocenters. The average molecular weight is 363 g/mol. The molecule has 0 spiro atoms. The van der Waals surface area contributed by atoms with Gasteiger partial charge in [0.25, 0.3) is 0 Å². The molecule has 3 rings (SSSR count). The van der Waals surface area contributed by atoms with Crippen LogP contribution in [-0.4, -0.2) is 35.6 Å². The van der Waals surface area contributed by atoms with E-state index in [-0.39, 0.29) is 18.3 Å². The number of hydrogen-bond acceptors (Lipinski definition) is 5. The van der Waals surface area contributed by atoms with Crippen molar-refractivity contribution in [2.75, 3.05) is 25.1 Å². The second-order valence-electron chi connectivity index (χ2n) is 6.15.